The lowest BCUT2D eigenvalue weighted by molar-refractivity contribution is -0.455. The Morgan fingerprint density at radius 2 is 1.04 bits per heavy atom. The van der Waals surface area contributed by atoms with E-state index in [2.05, 4.69) is 12.2 Å². The Bertz CT molecular complexity index is 443. The summed E-state index contributed by atoms with van der Waals surface area (Å²) in [5.41, 5.74) is -2.50. The van der Waals surface area contributed by atoms with Gasteiger partial charge in [0.25, 0.3) is 0 Å². The molecule has 0 aliphatic heterocycles. The van der Waals surface area contributed by atoms with E-state index in [4.69, 9.17) is 19.6 Å². The fourth-order valence-corrected chi connectivity index (χ4v) is 2.85. The van der Waals surface area contributed by atoms with Crippen molar-refractivity contribution in [1.29, 1.82) is 0 Å². The van der Waals surface area contributed by atoms with E-state index in [1.165, 1.54) is 0 Å². The van der Waals surface area contributed by atoms with Crippen LogP contribution in [0.3, 0.4) is 0 Å². The topological polar surface area (TPSA) is 36.9 Å². The van der Waals surface area contributed by atoms with Gasteiger partial charge in [-0.15, -0.1) is 0 Å². The molecule has 1 rings (SSSR count). The van der Waals surface area contributed by atoms with Gasteiger partial charge in [-0.05, 0) is 75.7 Å². The van der Waals surface area contributed by atoms with E-state index in [9.17, 15) is 0 Å². The maximum atomic E-state index is 5.93. The maximum Gasteiger partial charge on any atom is 0.110 e. The third-order valence-electron chi connectivity index (χ3n) is 4.22. The van der Waals surface area contributed by atoms with Crippen LogP contribution in [0.25, 0.3) is 0 Å². The molecule has 0 N–H and O–H groups in total. The van der Waals surface area contributed by atoms with Crippen LogP contribution in [-0.4, -0.2) is 22.4 Å². The number of rotatable bonds is 6. The van der Waals surface area contributed by atoms with Crippen LogP contribution >= 0.6 is 0 Å². The summed E-state index contributed by atoms with van der Waals surface area (Å²) in [5.74, 6) is 0. The van der Waals surface area contributed by atoms with Crippen molar-refractivity contribution >= 4 is 0 Å². The zero-order valence-corrected chi connectivity index (χ0v) is 17.1. The summed E-state index contributed by atoms with van der Waals surface area (Å²) in [4.78, 5) is 23.2. The van der Waals surface area contributed by atoms with Gasteiger partial charge < -0.3 is 0 Å². The van der Waals surface area contributed by atoms with Crippen molar-refractivity contribution < 1.29 is 19.6 Å². The van der Waals surface area contributed by atoms with E-state index in [1.54, 1.807) is 0 Å². The van der Waals surface area contributed by atoms with Crippen LogP contribution in [0, 0.1) is 5.41 Å². The summed E-state index contributed by atoms with van der Waals surface area (Å²) in [7, 11) is 0. The van der Waals surface area contributed by atoms with E-state index >= 15 is 0 Å². The van der Waals surface area contributed by atoms with Gasteiger partial charge in [-0.2, -0.15) is 0 Å². The third kappa shape index (κ3) is 5.16. The number of hydrogen-bond acceptors (Lipinski definition) is 4. The van der Waals surface area contributed by atoms with Crippen molar-refractivity contribution in [1.82, 2.24) is 0 Å². The summed E-state index contributed by atoms with van der Waals surface area (Å²) in [6, 6.07) is 0. The number of hydrogen-bond donors (Lipinski definition) is 0. The average Bonchev–Trinajstić information content (AvgIpc) is 2.42. The molecule has 0 atom stereocenters. The van der Waals surface area contributed by atoms with Gasteiger partial charge in [-0.1, -0.05) is 24.3 Å². The maximum absolute atomic E-state index is 5.93. The Labute approximate surface area is 148 Å². The highest BCUT2D eigenvalue weighted by molar-refractivity contribution is 5.25. The van der Waals surface area contributed by atoms with Crippen molar-refractivity contribution in [3.8, 4) is 0 Å². The van der Waals surface area contributed by atoms with Crippen molar-refractivity contribution in [3.63, 3.8) is 0 Å². The average molecular weight is 341 g/mol. The van der Waals surface area contributed by atoms with Crippen LogP contribution in [0.5, 0.6) is 0 Å². The first kappa shape index (κ1) is 21.4. The van der Waals surface area contributed by atoms with Crippen LogP contribution in [-0.2, 0) is 19.6 Å². The quantitative estimate of drug-likeness (QED) is 0.470. The van der Waals surface area contributed by atoms with E-state index in [1.807, 2.05) is 81.4 Å². The van der Waals surface area contributed by atoms with Crippen LogP contribution < -0.4 is 0 Å². The first-order chi connectivity index (χ1) is 10.6. The van der Waals surface area contributed by atoms with Crippen LogP contribution in [0.2, 0.25) is 0 Å². The lowest BCUT2D eigenvalue weighted by Crippen LogP contribution is -2.59. The minimum Gasteiger partial charge on any atom is -0.230 e. The van der Waals surface area contributed by atoms with Gasteiger partial charge in [-0.25, -0.2) is 19.6 Å². The molecule has 1 aliphatic rings. The Balaban J connectivity index is 3.13. The molecule has 0 aromatic carbocycles. The van der Waals surface area contributed by atoms with Gasteiger partial charge in [0, 0.05) is 0 Å². The summed E-state index contributed by atoms with van der Waals surface area (Å²) in [6.45, 7) is 19.9. The minimum atomic E-state index is -0.633. The minimum absolute atomic E-state index is 0.389. The Kier molecular flexibility index (Phi) is 6.15. The predicted octanol–water partition coefficient (Wildman–Crippen LogP) is 5.54. The van der Waals surface area contributed by atoms with Gasteiger partial charge in [0.05, 0.1) is 16.6 Å². The van der Waals surface area contributed by atoms with E-state index < -0.39 is 16.6 Å². The Morgan fingerprint density at radius 1 is 0.625 bits per heavy atom. The second kappa shape index (κ2) is 6.91. The van der Waals surface area contributed by atoms with Gasteiger partial charge in [0.1, 0.15) is 11.2 Å². The Hall–Kier alpha value is -0.680. The van der Waals surface area contributed by atoms with Gasteiger partial charge >= 0.3 is 0 Å². The normalized spacial score (nSPS) is 18.9. The fourth-order valence-electron chi connectivity index (χ4n) is 2.85. The van der Waals surface area contributed by atoms with Gasteiger partial charge in [0.15, 0.2) is 0 Å². The second-order valence-corrected chi connectivity index (χ2v) is 9.54. The molecule has 0 saturated carbocycles. The third-order valence-corrected chi connectivity index (χ3v) is 4.22. The van der Waals surface area contributed by atoms with E-state index in [0.29, 0.717) is 0 Å². The summed E-state index contributed by atoms with van der Waals surface area (Å²) >= 11 is 0. The molecule has 0 bridgehead atoms. The van der Waals surface area contributed by atoms with Gasteiger partial charge in [0.2, 0.25) is 0 Å². The smallest absolute Gasteiger partial charge is 0.110 e. The first-order valence-electron chi connectivity index (χ1n) is 8.70. The SMILES string of the molecule is CC(C)(C)OOC(C)(C)C1(C(C)(C)OOC(C)(C)C)C=CC=CC1. The van der Waals surface area contributed by atoms with E-state index in [0.717, 1.165) is 6.42 Å². The fraction of sp³-hybridized carbons (Fsp3) is 0.800. The standard InChI is InChI=1S/C20H36O4/c1-16(2,3)21-23-18(7,8)20(14-12-11-13-15-20)19(9,10)24-22-17(4,5)6/h11-14H,15H2,1-10H3. The van der Waals surface area contributed by atoms with Crippen molar-refractivity contribution in [2.45, 2.75) is 98.1 Å². The molecule has 4 heteroatoms. The van der Waals surface area contributed by atoms with Gasteiger partial charge in [-0.3, -0.25) is 0 Å². The zero-order chi connectivity index (χ0) is 18.9. The van der Waals surface area contributed by atoms with Crippen molar-refractivity contribution in [3.05, 3.63) is 24.3 Å². The first-order valence-corrected chi connectivity index (χ1v) is 8.70. The Morgan fingerprint density at radius 3 is 1.33 bits per heavy atom. The molecule has 0 aromatic heterocycles. The van der Waals surface area contributed by atoms with Crippen LogP contribution in [0.1, 0.15) is 75.7 Å². The molecular formula is C20H36O4. The molecule has 0 radical (unpaired) electrons. The molecule has 0 unspecified atom stereocenters. The molecule has 4 nitrogen and oxygen atoms in total. The van der Waals surface area contributed by atoms with Crippen LogP contribution in [0.4, 0.5) is 0 Å². The highest BCUT2D eigenvalue weighted by atomic mass is 17.2. The number of allylic oxidation sites excluding steroid dienone is 3. The van der Waals surface area contributed by atoms with Crippen molar-refractivity contribution in [2.75, 3.05) is 0 Å². The highest BCUT2D eigenvalue weighted by Gasteiger charge is 2.57. The molecule has 0 aromatic rings. The molecule has 140 valence electrons. The van der Waals surface area contributed by atoms with Crippen LogP contribution in [0.15, 0.2) is 24.3 Å². The molecular weight excluding hydrogens is 304 g/mol. The molecule has 0 saturated heterocycles. The highest BCUT2D eigenvalue weighted by Crippen LogP contribution is 2.51. The second-order valence-electron chi connectivity index (χ2n) is 9.54. The molecule has 0 fully saturated rings. The summed E-state index contributed by atoms with van der Waals surface area (Å²) in [6.07, 6.45) is 9.12. The lowest BCUT2D eigenvalue weighted by atomic mass is 9.60. The zero-order valence-electron chi connectivity index (χ0n) is 17.1. The predicted molar refractivity (Wildman–Crippen MR) is 97.3 cm³/mol. The summed E-state index contributed by atoms with van der Waals surface area (Å²) in [5, 5.41) is 0. The van der Waals surface area contributed by atoms with Crippen molar-refractivity contribution in [2.24, 2.45) is 5.41 Å². The van der Waals surface area contributed by atoms with E-state index in [-0.39, 0.29) is 11.2 Å². The molecule has 24 heavy (non-hydrogen) atoms. The molecule has 0 spiro atoms. The summed E-state index contributed by atoms with van der Waals surface area (Å²) < 4.78 is 0. The molecule has 1 aliphatic carbocycles. The lowest BCUT2D eigenvalue weighted by Gasteiger charge is -2.52. The largest absolute Gasteiger partial charge is 0.230 e. The molecule has 0 amide bonds. The molecule has 0 heterocycles. The monoisotopic (exact) mass is 340 g/mol.